The highest BCUT2D eigenvalue weighted by Gasteiger charge is 2.25. The largest absolute Gasteiger partial charge is 0.380 e. The van der Waals surface area contributed by atoms with Gasteiger partial charge in [-0.2, -0.15) is 4.98 Å². The van der Waals surface area contributed by atoms with Crippen LogP contribution in [0.2, 0.25) is 0 Å². The molecule has 0 aromatic carbocycles. The Morgan fingerprint density at radius 3 is 3.11 bits per heavy atom. The van der Waals surface area contributed by atoms with Crippen molar-refractivity contribution >= 4 is 17.5 Å². The summed E-state index contributed by atoms with van der Waals surface area (Å²) in [4.78, 5) is 17.8. The molecular weight excluding hydrogens is 246 g/mol. The lowest BCUT2D eigenvalue weighted by Crippen LogP contribution is -2.23. The van der Waals surface area contributed by atoms with Crippen molar-refractivity contribution in [3.05, 3.63) is 23.9 Å². The van der Waals surface area contributed by atoms with Crippen LogP contribution in [0.25, 0.3) is 5.65 Å². The Morgan fingerprint density at radius 2 is 2.42 bits per heavy atom. The molecule has 1 atom stereocenters. The molecule has 1 unspecified atom stereocenters. The molecule has 7 heteroatoms. The predicted molar refractivity (Wildman–Crippen MR) is 69.1 cm³/mol. The van der Waals surface area contributed by atoms with Crippen LogP contribution >= 0.6 is 0 Å². The van der Waals surface area contributed by atoms with Gasteiger partial charge in [-0.05, 0) is 18.6 Å². The maximum absolute atomic E-state index is 11.4. The molecule has 0 spiro atoms. The van der Waals surface area contributed by atoms with Gasteiger partial charge in [0.2, 0.25) is 5.95 Å². The van der Waals surface area contributed by atoms with E-state index in [0.29, 0.717) is 17.2 Å². The number of hydrogen-bond acceptors (Lipinski definition) is 5. The summed E-state index contributed by atoms with van der Waals surface area (Å²) in [6, 6.07) is 3.38. The molecule has 2 aromatic rings. The molecule has 19 heavy (non-hydrogen) atoms. The highest BCUT2D eigenvalue weighted by atomic mass is 16.5. The highest BCUT2D eigenvalue weighted by molar-refractivity contribution is 5.98. The van der Waals surface area contributed by atoms with Gasteiger partial charge >= 0.3 is 0 Å². The van der Waals surface area contributed by atoms with Crippen LogP contribution in [-0.2, 0) is 4.74 Å². The van der Waals surface area contributed by atoms with E-state index in [0.717, 1.165) is 19.5 Å². The Bertz CT molecular complexity index is 624. The second-order valence-corrected chi connectivity index (χ2v) is 4.56. The number of rotatable bonds is 3. The van der Waals surface area contributed by atoms with Gasteiger partial charge in [-0.25, -0.2) is 4.52 Å². The molecule has 1 amide bonds. The third-order valence-corrected chi connectivity index (χ3v) is 3.38. The first-order valence-corrected chi connectivity index (χ1v) is 6.12. The van der Waals surface area contributed by atoms with E-state index >= 15 is 0 Å². The molecule has 1 saturated heterocycles. The van der Waals surface area contributed by atoms with Crippen molar-refractivity contribution in [2.45, 2.75) is 12.5 Å². The van der Waals surface area contributed by atoms with Crippen molar-refractivity contribution in [2.75, 3.05) is 25.1 Å². The summed E-state index contributed by atoms with van der Waals surface area (Å²) in [7, 11) is 1.70. The van der Waals surface area contributed by atoms with Gasteiger partial charge in [0.25, 0.3) is 5.91 Å². The SMILES string of the molecule is COC1CCN(c2nc3c(C(N)=O)cccn3n2)C1. The molecule has 7 nitrogen and oxygen atoms in total. The first kappa shape index (κ1) is 11.9. The Hall–Kier alpha value is -2.15. The molecule has 100 valence electrons. The van der Waals surface area contributed by atoms with Crippen molar-refractivity contribution in [1.82, 2.24) is 14.6 Å². The fraction of sp³-hybridized carbons (Fsp3) is 0.417. The molecule has 3 heterocycles. The van der Waals surface area contributed by atoms with Gasteiger partial charge in [0.05, 0.1) is 11.7 Å². The van der Waals surface area contributed by atoms with Gasteiger partial charge in [0.15, 0.2) is 5.65 Å². The van der Waals surface area contributed by atoms with Crippen LogP contribution < -0.4 is 10.6 Å². The van der Waals surface area contributed by atoms with Gasteiger partial charge in [0, 0.05) is 26.4 Å². The number of carbonyl (C=O) groups is 1. The number of primary amides is 1. The minimum atomic E-state index is -0.499. The lowest BCUT2D eigenvalue weighted by molar-refractivity contribution is 0.100. The standard InChI is InChI=1S/C12H15N5O2/c1-19-8-4-6-16(7-8)12-14-11-9(10(13)18)3-2-5-17(11)15-12/h2-3,5,8H,4,6-7H2,1H3,(H2,13,18). The number of anilines is 1. The smallest absolute Gasteiger partial charge is 0.252 e. The molecule has 0 saturated carbocycles. The number of carbonyl (C=O) groups excluding carboxylic acids is 1. The minimum absolute atomic E-state index is 0.210. The quantitative estimate of drug-likeness (QED) is 0.844. The van der Waals surface area contributed by atoms with E-state index in [9.17, 15) is 4.79 Å². The van der Waals surface area contributed by atoms with Crippen molar-refractivity contribution in [1.29, 1.82) is 0 Å². The lowest BCUT2D eigenvalue weighted by atomic mass is 10.2. The van der Waals surface area contributed by atoms with Gasteiger partial charge in [0.1, 0.15) is 0 Å². The Kier molecular flexibility index (Phi) is 2.83. The van der Waals surface area contributed by atoms with Crippen molar-refractivity contribution in [3.63, 3.8) is 0 Å². The van der Waals surface area contributed by atoms with Crippen molar-refractivity contribution in [2.24, 2.45) is 5.73 Å². The third kappa shape index (κ3) is 2.01. The number of aromatic nitrogens is 3. The Labute approximate surface area is 110 Å². The van der Waals surface area contributed by atoms with Crippen LogP contribution in [0.5, 0.6) is 0 Å². The molecule has 2 aromatic heterocycles. The van der Waals surface area contributed by atoms with Crippen LogP contribution in [-0.4, -0.2) is 46.8 Å². The lowest BCUT2D eigenvalue weighted by Gasteiger charge is -2.12. The number of nitrogens with zero attached hydrogens (tertiary/aromatic N) is 4. The predicted octanol–water partition coefficient (Wildman–Crippen LogP) is 0.0533. The number of fused-ring (bicyclic) bond motifs is 1. The first-order chi connectivity index (χ1) is 9.19. The summed E-state index contributed by atoms with van der Waals surface area (Å²) in [6.07, 6.45) is 2.92. The van der Waals surface area contributed by atoms with E-state index in [1.807, 2.05) is 4.90 Å². The fourth-order valence-electron chi connectivity index (χ4n) is 2.32. The summed E-state index contributed by atoms with van der Waals surface area (Å²) in [6.45, 7) is 1.61. The molecule has 1 aliphatic rings. The van der Waals surface area contributed by atoms with Gasteiger partial charge in [-0.15, -0.1) is 5.10 Å². The summed E-state index contributed by atoms with van der Waals surface area (Å²) in [5.41, 5.74) is 6.20. The van der Waals surface area contributed by atoms with E-state index in [-0.39, 0.29) is 6.10 Å². The second kappa shape index (κ2) is 4.51. The highest BCUT2D eigenvalue weighted by Crippen LogP contribution is 2.20. The third-order valence-electron chi connectivity index (χ3n) is 3.38. The molecule has 3 rings (SSSR count). The van der Waals surface area contributed by atoms with Gasteiger partial charge in [-0.1, -0.05) is 0 Å². The van der Waals surface area contributed by atoms with E-state index < -0.39 is 5.91 Å². The number of ether oxygens (including phenoxy) is 1. The first-order valence-electron chi connectivity index (χ1n) is 6.12. The van der Waals surface area contributed by atoms with E-state index in [1.54, 1.807) is 30.0 Å². The number of pyridine rings is 1. The number of methoxy groups -OCH3 is 1. The monoisotopic (exact) mass is 261 g/mol. The number of amides is 1. The summed E-state index contributed by atoms with van der Waals surface area (Å²) in [5, 5.41) is 4.37. The zero-order valence-corrected chi connectivity index (χ0v) is 10.6. The normalized spacial score (nSPS) is 19.2. The molecular formula is C12H15N5O2. The molecule has 1 fully saturated rings. The van der Waals surface area contributed by atoms with E-state index in [1.165, 1.54) is 0 Å². The summed E-state index contributed by atoms with van der Waals surface area (Å²) in [5.74, 6) is 0.106. The van der Waals surface area contributed by atoms with Crippen molar-refractivity contribution in [3.8, 4) is 0 Å². The molecule has 2 N–H and O–H groups in total. The second-order valence-electron chi connectivity index (χ2n) is 4.56. The average molecular weight is 261 g/mol. The maximum atomic E-state index is 11.4. The topological polar surface area (TPSA) is 85.7 Å². The number of nitrogens with two attached hydrogens (primary N) is 1. The molecule has 0 aliphatic carbocycles. The van der Waals surface area contributed by atoms with Gasteiger partial charge < -0.3 is 15.4 Å². The maximum Gasteiger partial charge on any atom is 0.252 e. The van der Waals surface area contributed by atoms with Crippen LogP contribution in [0.4, 0.5) is 5.95 Å². The minimum Gasteiger partial charge on any atom is -0.380 e. The molecule has 1 aliphatic heterocycles. The number of hydrogen-bond donors (Lipinski definition) is 1. The molecule has 0 bridgehead atoms. The summed E-state index contributed by atoms with van der Waals surface area (Å²) >= 11 is 0. The van der Waals surface area contributed by atoms with Gasteiger partial charge in [-0.3, -0.25) is 4.79 Å². The van der Waals surface area contributed by atoms with E-state index in [4.69, 9.17) is 10.5 Å². The van der Waals surface area contributed by atoms with Crippen molar-refractivity contribution < 1.29 is 9.53 Å². The van der Waals surface area contributed by atoms with Crippen LogP contribution in [0.3, 0.4) is 0 Å². The average Bonchev–Trinajstić information content (AvgIpc) is 3.03. The summed E-state index contributed by atoms with van der Waals surface area (Å²) < 4.78 is 6.90. The van der Waals surface area contributed by atoms with Crippen LogP contribution in [0.1, 0.15) is 16.8 Å². The van der Waals surface area contributed by atoms with Crippen LogP contribution in [0, 0.1) is 0 Å². The van der Waals surface area contributed by atoms with E-state index in [2.05, 4.69) is 10.1 Å². The zero-order valence-electron chi connectivity index (χ0n) is 10.6. The Morgan fingerprint density at radius 1 is 1.58 bits per heavy atom. The van der Waals surface area contributed by atoms with Crippen LogP contribution in [0.15, 0.2) is 18.3 Å². The zero-order chi connectivity index (χ0) is 13.4. The Balaban J connectivity index is 1.98. The molecule has 0 radical (unpaired) electrons. The fourth-order valence-corrected chi connectivity index (χ4v) is 2.32.